The van der Waals surface area contributed by atoms with Crippen molar-refractivity contribution in [3.05, 3.63) is 41.8 Å². The van der Waals surface area contributed by atoms with Crippen molar-refractivity contribution in [2.75, 3.05) is 0 Å². The lowest BCUT2D eigenvalue weighted by molar-refractivity contribution is 1.46. The Morgan fingerprint density at radius 1 is 1.17 bits per heavy atom. The molecular weight excluding hydrogens is 164 g/mol. The third kappa shape index (κ3) is 5.03. The summed E-state index contributed by atoms with van der Waals surface area (Å²) in [6.07, 6.45) is 0. The molecule has 1 heteroatoms. The molecule has 0 radical (unpaired) electrons. The largest absolute Gasteiger partial charge is 0.0955 e. The zero-order chi connectivity index (χ0) is 9.40. The molecule has 0 saturated carbocycles. The standard InChI is InChI=1S/C9H10S.C2H6/c1-8(2)10-9-6-4-3-5-7-9;1-2/h3-7H,1H2,2H3;1-2H3. The van der Waals surface area contributed by atoms with E-state index in [1.54, 1.807) is 11.8 Å². The van der Waals surface area contributed by atoms with Crippen LogP contribution in [0, 0.1) is 0 Å². The molecule has 0 aliphatic heterocycles. The van der Waals surface area contributed by atoms with Gasteiger partial charge in [0.15, 0.2) is 0 Å². The summed E-state index contributed by atoms with van der Waals surface area (Å²) in [6.45, 7) is 9.82. The van der Waals surface area contributed by atoms with E-state index >= 15 is 0 Å². The highest BCUT2D eigenvalue weighted by molar-refractivity contribution is 8.03. The van der Waals surface area contributed by atoms with Crippen LogP contribution >= 0.6 is 11.8 Å². The predicted octanol–water partition coefficient (Wildman–Crippen LogP) is 4.34. The Hall–Kier alpha value is -0.690. The summed E-state index contributed by atoms with van der Waals surface area (Å²) in [5.41, 5.74) is 0. The van der Waals surface area contributed by atoms with Crippen molar-refractivity contribution in [2.24, 2.45) is 0 Å². The van der Waals surface area contributed by atoms with Crippen molar-refractivity contribution in [1.82, 2.24) is 0 Å². The maximum atomic E-state index is 3.81. The number of hydrogen-bond acceptors (Lipinski definition) is 1. The first-order valence-electron chi connectivity index (χ1n) is 4.17. The highest BCUT2D eigenvalue weighted by Gasteiger charge is 1.89. The Bertz CT molecular complexity index is 214. The van der Waals surface area contributed by atoms with Gasteiger partial charge in [0.25, 0.3) is 0 Å². The van der Waals surface area contributed by atoms with Gasteiger partial charge in [-0.15, -0.1) is 0 Å². The number of benzene rings is 1. The topological polar surface area (TPSA) is 0 Å². The van der Waals surface area contributed by atoms with Gasteiger partial charge in [0.1, 0.15) is 0 Å². The maximum absolute atomic E-state index is 3.81. The molecule has 12 heavy (non-hydrogen) atoms. The van der Waals surface area contributed by atoms with Crippen molar-refractivity contribution in [1.29, 1.82) is 0 Å². The van der Waals surface area contributed by atoms with Gasteiger partial charge in [-0.2, -0.15) is 0 Å². The van der Waals surface area contributed by atoms with E-state index in [2.05, 4.69) is 18.7 Å². The second-order valence-corrected chi connectivity index (χ2v) is 3.49. The Balaban J connectivity index is 0.000000561. The SMILES string of the molecule is C=C(C)Sc1ccccc1.CC. The predicted molar refractivity (Wildman–Crippen MR) is 58.5 cm³/mol. The van der Waals surface area contributed by atoms with Gasteiger partial charge in [0, 0.05) is 4.90 Å². The average Bonchev–Trinajstić information content (AvgIpc) is 2.08. The molecule has 0 aliphatic carbocycles. The van der Waals surface area contributed by atoms with E-state index in [-0.39, 0.29) is 0 Å². The van der Waals surface area contributed by atoms with Gasteiger partial charge in [-0.05, 0) is 24.0 Å². The zero-order valence-electron chi connectivity index (χ0n) is 8.00. The Kier molecular flexibility index (Phi) is 6.58. The van der Waals surface area contributed by atoms with Gasteiger partial charge in [-0.3, -0.25) is 0 Å². The van der Waals surface area contributed by atoms with Crippen LogP contribution < -0.4 is 0 Å². The average molecular weight is 180 g/mol. The molecule has 0 N–H and O–H groups in total. The van der Waals surface area contributed by atoms with Crippen LogP contribution in [0.5, 0.6) is 0 Å². The number of hydrogen-bond donors (Lipinski definition) is 0. The van der Waals surface area contributed by atoms with E-state index in [0.717, 1.165) is 4.91 Å². The smallest absolute Gasteiger partial charge is 0.0118 e. The van der Waals surface area contributed by atoms with Crippen LogP contribution in [0.1, 0.15) is 20.8 Å². The van der Waals surface area contributed by atoms with Gasteiger partial charge >= 0.3 is 0 Å². The minimum Gasteiger partial charge on any atom is -0.0955 e. The highest BCUT2D eigenvalue weighted by atomic mass is 32.2. The zero-order valence-corrected chi connectivity index (χ0v) is 8.82. The van der Waals surface area contributed by atoms with Crippen LogP contribution in [0.15, 0.2) is 46.7 Å². The van der Waals surface area contributed by atoms with Gasteiger partial charge in [0.2, 0.25) is 0 Å². The Morgan fingerprint density at radius 3 is 2.08 bits per heavy atom. The van der Waals surface area contributed by atoms with Gasteiger partial charge in [0.05, 0.1) is 0 Å². The summed E-state index contributed by atoms with van der Waals surface area (Å²) < 4.78 is 0. The van der Waals surface area contributed by atoms with E-state index in [1.807, 2.05) is 39.0 Å². The minimum absolute atomic E-state index is 1.13. The first kappa shape index (κ1) is 11.3. The fourth-order valence-corrected chi connectivity index (χ4v) is 1.39. The van der Waals surface area contributed by atoms with Crippen LogP contribution in [0.3, 0.4) is 0 Å². The Labute approximate surface area is 79.7 Å². The van der Waals surface area contributed by atoms with E-state index in [0.29, 0.717) is 0 Å². The van der Waals surface area contributed by atoms with Gasteiger partial charge < -0.3 is 0 Å². The summed E-state index contributed by atoms with van der Waals surface area (Å²) in [5, 5.41) is 0. The fourth-order valence-electron chi connectivity index (χ4n) is 0.690. The van der Waals surface area contributed by atoms with Crippen molar-refractivity contribution >= 4 is 11.8 Å². The van der Waals surface area contributed by atoms with Crippen LogP contribution in [0.4, 0.5) is 0 Å². The molecule has 0 spiro atoms. The highest BCUT2D eigenvalue weighted by Crippen LogP contribution is 2.23. The lowest BCUT2D eigenvalue weighted by Crippen LogP contribution is -1.67. The molecular formula is C11H16S. The Morgan fingerprint density at radius 2 is 1.67 bits per heavy atom. The molecule has 0 saturated heterocycles. The van der Waals surface area contributed by atoms with Crippen molar-refractivity contribution in [3.8, 4) is 0 Å². The molecule has 0 atom stereocenters. The quantitative estimate of drug-likeness (QED) is 0.610. The third-order valence-corrected chi connectivity index (χ3v) is 1.89. The molecule has 0 nitrogen and oxygen atoms in total. The molecule has 0 aromatic heterocycles. The van der Waals surface area contributed by atoms with Gasteiger partial charge in [-0.25, -0.2) is 0 Å². The summed E-state index contributed by atoms with van der Waals surface area (Å²) in [5.74, 6) is 0. The van der Waals surface area contributed by atoms with E-state index in [4.69, 9.17) is 0 Å². The van der Waals surface area contributed by atoms with E-state index in [1.165, 1.54) is 4.90 Å². The molecule has 0 aliphatic rings. The minimum atomic E-state index is 1.13. The fraction of sp³-hybridized carbons (Fsp3) is 0.273. The first-order chi connectivity index (χ1) is 5.79. The van der Waals surface area contributed by atoms with Gasteiger partial charge in [-0.1, -0.05) is 50.4 Å². The van der Waals surface area contributed by atoms with E-state index < -0.39 is 0 Å². The summed E-state index contributed by atoms with van der Waals surface area (Å²) in [4.78, 5) is 2.39. The van der Waals surface area contributed by atoms with E-state index in [9.17, 15) is 0 Å². The van der Waals surface area contributed by atoms with Crippen molar-refractivity contribution in [2.45, 2.75) is 25.7 Å². The lowest BCUT2D eigenvalue weighted by Gasteiger charge is -1.96. The molecule has 1 aromatic carbocycles. The molecule has 0 amide bonds. The third-order valence-electron chi connectivity index (χ3n) is 1.04. The molecule has 0 unspecified atom stereocenters. The van der Waals surface area contributed by atoms with Crippen molar-refractivity contribution < 1.29 is 0 Å². The number of thioether (sulfide) groups is 1. The summed E-state index contributed by atoms with van der Waals surface area (Å²) >= 11 is 1.70. The molecule has 0 bridgehead atoms. The second kappa shape index (κ2) is 6.99. The first-order valence-corrected chi connectivity index (χ1v) is 4.99. The van der Waals surface area contributed by atoms with Crippen LogP contribution in [0.2, 0.25) is 0 Å². The molecule has 0 fully saturated rings. The normalized spacial score (nSPS) is 8.25. The molecule has 1 rings (SSSR count). The van der Waals surface area contributed by atoms with Crippen LogP contribution in [-0.2, 0) is 0 Å². The second-order valence-electron chi connectivity index (χ2n) is 2.12. The van der Waals surface area contributed by atoms with Crippen LogP contribution in [0.25, 0.3) is 0 Å². The lowest BCUT2D eigenvalue weighted by atomic mass is 10.4. The summed E-state index contributed by atoms with van der Waals surface area (Å²) in [6, 6.07) is 10.2. The van der Waals surface area contributed by atoms with Crippen LogP contribution in [-0.4, -0.2) is 0 Å². The summed E-state index contributed by atoms with van der Waals surface area (Å²) in [7, 11) is 0. The molecule has 66 valence electrons. The molecule has 1 aromatic rings. The number of allylic oxidation sites excluding steroid dienone is 1. The maximum Gasteiger partial charge on any atom is 0.0118 e. The number of rotatable bonds is 2. The molecule has 0 heterocycles. The monoisotopic (exact) mass is 180 g/mol. The van der Waals surface area contributed by atoms with Crippen molar-refractivity contribution in [3.63, 3.8) is 0 Å².